The molecule has 1 heterocycles. The summed E-state index contributed by atoms with van der Waals surface area (Å²) in [6.07, 6.45) is 0. The van der Waals surface area contributed by atoms with E-state index in [1.165, 1.54) is 4.68 Å². The highest BCUT2D eigenvalue weighted by atomic mass is 16.5. The van der Waals surface area contributed by atoms with Gasteiger partial charge in [-0.1, -0.05) is 12.1 Å². The minimum Gasteiger partial charge on any atom is -0.494 e. The van der Waals surface area contributed by atoms with Gasteiger partial charge in [0.25, 0.3) is 0 Å². The van der Waals surface area contributed by atoms with Crippen LogP contribution < -0.4 is 10.5 Å². The standard InChI is InChI=1S/C13H15N3O3/c1-3-19-9-6-4-8(5-7-9)10-11(13(17)18)15-16(2)12(10)14/h4-7H,3,14H2,1-2H3,(H,17,18). The maximum Gasteiger partial charge on any atom is 0.357 e. The van der Waals surface area contributed by atoms with E-state index in [9.17, 15) is 4.79 Å². The van der Waals surface area contributed by atoms with Crippen LogP contribution in [0.15, 0.2) is 24.3 Å². The van der Waals surface area contributed by atoms with E-state index in [4.69, 9.17) is 15.6 Å². The highest BCUT2D eigenvalue weighted by Gasteiger charge is 2.20. The largest absolute Gasteiger partial charge is 0.494 e. The third kappa shape index (κ3) is 2.37. The second-order valence-electron chi connectivity index (χ2n) is 3.99. The minimum absolute atomic E-state index is 0.0517. The van der Waals surface area contributed by atoms with E-state index in [2.05, 4.69) is 5.10 Å². The number of carboxylic acids is 1. The maximum absolute atomic E-state index is 11.2. The van der Waals surface area contributed by atoms with Crippen molar-refractivity contribution in [2.24, 2.45) is 7.05 Å². The van der Waals surface area contributed by atoms with Crippen molar-refractivity contribution in [3.8, 4) is 16.9 Å². The van der Waals surface area contributed by atoms with Gasteiger partial charge in [-0.05, 0) is 24.6 Å². The molecule has 2 aromatic rings. The van der Waals surface area contributed by atoms with Crippen molar-refractivity contribution >= 4 is 11.8 Å². The number of ether oxygens (including phenoxy) is 1. The summed E-state index contributed by atoms with van der Waals surface area (Å²) in [6, 6.07) is 7.09. The highest BCUT2D eigenvalue weighted by molar-refractivity contribution is 5.97. The van der Waals surface area contributed by atoms with Gasteiger partial charge in [-0.25, -0.2) is 4.79 Å². The third-order valence-corrected chi connectivity index (χ3v) is 2.75. The number of hydrogen-bond donors (Lipinski definition) is 2. The molecule has 6 heteroatoms. The number of carbonyl (C=O) groups is 1. The molecular formula is C13H15N3O3. The van der Waals surface area contributed by atoms with Gasteiger partial charge in [0.05, 0.1) is 12.2 Å². The topological polar surface area (TPSA) is 90.4 Å². The smallest absolute Gasteiger partial charge is 0.357 e. The molecule has 0 bridgehead atoms. The summed E-state index contributed by atoms with van der Waals surface area (Å²) in [7, 11) is 1.61. The van der Waals surface area contributed by atoms with Crippen LogP contribution in [-0.4, -0.2) is 27.5 Å². The van der Waals surface area contributed by atoms with Crippen molar-refractivity contribution in [3.05, 3.63) is 30.0 Å². The first-order valence-electron chi connectivity index (χ1n) is 5.83. The molecule has 1 aromatic carbocycles. The Kier molecular flexibility index (Phi) is 3.41. The average molecular weight is 261 g/mol. The Morgan fingerprint density at radius 3 is 2.58 bits per heavy atom. The lowest BCUT2D eigenvalue weighted by molar-refractivity contribution is 0.0690. The Hall–Kier alpha value is -2.50. The van der Waals surface area contributed by atoms with Crippen LogP contribution in [0.2, 0.25) is 0 Å². The molecule has 0 aliphatic rings. The van der Waals surface area contributed by atoms with Crippen LogP contribution in [0, 0.1) is 0 Å². The van der Waals surface area contributed by atoms with Crippen LogP contribution in [0.1, 0.15) is 17.4 Å². The van der Waals surface area contributed by atoms with Gasteiger partial charge >= 0.3 is 5.97 Å². The van der Waals surface area contributed by atoms with E-state index in [0.717, 1.165) is 5.75 Å². The second-order valence-corrected chi connectivity index (χ2v) is 3.99. The molecule has 100 valence electrons. The van der Waals surface area contributed by atoms with Gasteiger partial charge in [-0.2, -0.15) is 5.10 Å². The van der Waals surface area contributed by atoms with Gasteiger partial charge < -0.3 is 15.6 Å². The number of hydrogen-bond acceptors (Lipinski definition) is 4. The van der Waals surface area contributed by atoms with E-state index in [0.29, 0.717) is 23.6 Å². The quantitative estimate of drug-likeness (QED) is 0.875. The number of aromatic carboxylic acids is 1. The van der Waals surface area contributed by atoms with Crippen molar-refractivity contribution in [1.29, 1.82) is 0 Å². The van der Waals surface area contributed by atoms with Crippen molar-refractivity contribution in [3.63, 3.8) is 0 Å². The lowest BCUT2D eigenvalue weighted by Crippen LogP contribution is -2.00. The number of nitrogens with two attached hydrogens (primary N) is 1. The highest BCUT2D eigenvalue weighted by Crippen LogP contribution is 2.30. The molecule has 0 unspecified atom stereocenters. The lowest BCUT2D eigenvalue weighted by Gasteiger charge is -2.05. The summed E-state index contributed by atoms with van der Waals surface area (Å²) in [6.45, 7) is 2.48. The van der Waals surface area contributed by atoms with Gasteiger partial charge in [0, 0.05) is 7.05 Å². The maximum atomic E-state index is 11.2. The fourth-order valence-electron chi connectivity index (χ4n) is 1.86. The Labute approximate surface area is 110 Å². The first kappa shape index (κ1) is 12.9. The zero-order valence-electron chi connectivity index (χ0n) is 10.8. The van der Waals surface area contributed by atoms with Crippen LogP contribution in [0.25, 0.3) is 11.1 Å². The van der Waals surface area contributed by atoms with Crippen molar-refractivity contribution in [2.45, 2.75) is 6.92 Å². The molecule has 2 rings (SSSR count). The number of benzene rings is 1. The number of carboxylic acid groups (broad SMARTS) is 1. The first-order valence-corrected chi connectivity index (χ1v) is 5.83. The fraction of sp³-hybridized carbons (Fsp3) is 0.231. The molecule has 3 N–H and O–H groups in total. The molecule has 0 amide bonds. The minimum atomic E-state index is -1.10. The number of nitrogens with zero attached hydrogens (tertiary/aromatic N) is 2. The average Bonchev–Trinajstić information content (AvgIpc) is 2.68. The molecule has 0 saturated heterocycles. The SMILES string of the molecule is CCOc1ccc(-c2c(C(=O)O)nn(C)c2N)cc1. The summed E-state index contributed by atoms with van der Waals surface area (Å²) < 4.78 is 6.70. The molecule has 0 fully saturated rings. The van der Waals surface area contributed by atoms with Gasteiger partial charge in [-0.15, -0.1) is 0 Å². The number of aromatic nitrogens is 2. The van der Waals surface area contributed by atoms with E-state index < -0.39 is 5.97 Å². The number of aryl methyl sites for hydroxylation is 1. The molecule has 0 atom stereocenters. The molecule has 0 aliphatic heterocycles. The summed E-state index contributed by atoms with van der Waals surface area (Å²) >= 11 is 0. The van der Waals surface area contributed by atoms with Crippen LogP contribution in [0.4, 0.5) is 5.82 Å². The normalized spacial score (nSPS) is 10.4. The predicted molar refractivity (Wildman–Crippen MR) is 71.2 cm³/mol. The van der Waals surface area contributed by atoms with E-state index in [1.807, 2.05) is 6.92 Å². The van der Waals surface area contributed by atoms with Crippen molar-refractivity contribution < 1.29 is 14.6 Å². The number of anilines is 1. The monoisotopic (exact) mass is 261 g/mol. The lowest BCUT2D eigenvalue weighted by atomic mass is 10.1. The Balaban J connectivity index is 2.49. The molecule has 6 nitrogen and oxygen atoms in total. The van der Waals surface area contributed by atoms with Crippen molar-refractivity contribution in [1.82, 2.24) is 9.78 Å². The first-order chi connectivity index (χ1) is 9.04. The number of rotatable bonds is 4. The van der Waals surface area contributed by atoms with Crippen LogP contribution in [0.3, 0.4) is 0 Å². The van der Waals surface area contributed by atoms with Crippen LogP contribution in [0.5, 0.6) is 5.75 Å². The molecule has 19 heavy (non-hydrogen) atoms. The summed E-state index contributed by atoms with van der Waals surface area (Å²) in [5, 5.41) is 13.1. The van der Waals surface area contributed by atoms with Gasteiger partial charge in [0.2, 0.25) is 0 Å². The van der Waals surface area contributed by atoms with E-state index >= 15 is 0 Å². The molecule has 0 spiro atoms. The number of nitrogen functional groups attached to an aromatic ring is 1. The third-order valence-electron chi connectivity index (χ3n) is 2.75. The molecule has 1 aromatic heterocycles. The Bertz CT molecular complexity index is 602. The Morgan fingerprint density at radius 2 is 2.05 bits per heavy atom. The summed E-state index contributed by atoms with van der Waals surface area (Å²) in [4.78, 5) is 11.2. The Morgan fingerprint density at radius 1 is 1.42 bits per heavy atom. The van der Waals surface area contributed by atoms with Gasteiger partial charge in [0.15, 0.2) is 5.69 Å². The molecule has 0 aliphatic carbocycles. The van der Waals surface area contributed by atoms with Gasteiger partial charge in [0.1, 0.15) is 11.6 Å². The zero-order valence-corrected chi connectivity index (χ0v) is 10.8. The molecule has 0 radical (unpaired) electrons. The van der Waals surface area contributed by atoms with Crippen LogP contribution >= 0.6 is 0 Å². The summed E-state index contributed by atoms with van der Waals surface area (Å²) in [5.41, 5.74) is 6.95. The van der Waals surface area contributed by atoms with Gasteiger partial charge in [-0.3, -0.25) is 4.68 Å². The van der Waals surface area contributed by atoms with Crippen molar-refractivity contribution in [2.75, 3.05) is 12.3 Å². The van der Waals surface area contributed by atoms with E-state index in [-0.39, 0.29) is 5.69 Å². The fourth-order valence-corrected chi connectivity index (χ4v) is 1.86. The summed E-state index contributed by atoms with van der Waals surface area (Å²) in [5.74, 6) is -0.0525. The zero-order chi connectivity index (χ0) is 14.0. The predicted octanol–water partition coefficient (Wildman–Crippen LogP) is 1.77. The second kappa shape index (κ2) is 5.01. The molecule has 0 saturated carbocycles. The van der Waals surface area contributed by atoms with Crippen LogP contribution in [-0.2, 0) is 7.05 Å². The van der Waals surface area contributed by atoms with E-state index in [1.54, 1.807) is 31.3 Å². The molecular weight excluding hydrogens is 246 g/mol.